The summed E-state index contributed by atoms with van der Waals surface area (Å²) in [4.78, 5) is 19.2. The van der Waals surface area contributed by atoms with E-state index in [9.17, 15) is 4.79 Å². The average molecular weight is 372 g/mol. The highest BCUT2D eigenvalue weighted by atomic mass is 35.5. The van der Waals surface area contributed by atoms with Gasteiger partial charge in [-0.3, -0.25) is 15.1 Å². The third-order valence-corrected chi connectivity index (χ3v) is 5.66. The smallest absolute Gasteiger partial charge is 0.242 e. The van der Waals surface area contributed by atoms with Crippen LogP contribution in [-0.2, 0) is 4.79 Å². The van der Waals surface area contributed by atoms with E-state index in [1.165, 1.54) is 16.7 Å². The van der Waals surface area contributed by atoms with Crippen molar-refractivity contribution < 1.29 is 4.79 Å². The second kappa shape index (κ2) is 7.01. The zero-order chi connectivity index (χ0) is 17.6. The molecule has 0 aliphatic carbocycles. The Labute approximate surface area is 161 Å². The van der Waals surface area contributed by atoms with Crippen LogP contribution >= 0.6 is 12.4 Å². The Morgan fingerprint density at radius 2 is 1.85 bits per heavy atom. The van der Waals surface area contributed by atoms with Crippen LogP contribution in [0, 0.1) is 13.8 Å². The van der Waals surface area contributed by atoms with Crippen LogP contribution in [0.3, 0.4) is 0 Å². The molecule has 4 rings (SSSR count). The SMILES string of the molecule is Cc1ccc(-c2cc(C)nc([C@H]3CC[C@@]4(CCN(C)C4=O)N3)c2)cc1.Cl. The largest absolute Gasteiger partial charge is 0.344 e. The van der Waals surface area contributed by atoms with Gasteiger partial charge in [0.15, 0.2) is 0 Å². The van der Waals surface area contributed by atoms with Crippen LogP contribution in [0.25, 0.3) is 11.1 Å². The summed E-state index contributed by atoms with van der Waals surface area (Å²) in [5, 5.41) is 3.62. The first-order valence-corrected chi connectivity index (χ1v) is 9.06. The van der Waals surface area contributed by atoms with Crippen molar-refractivity contribution in [1.29, 1.82) is 0 Å². The number of aromatic nitrogens is 1. The normalized spacial score (nSPS) is 25.0. The van der Waals surface area contributed by atoms with E-state index in [2.05, 4.69) is 48.6 Å². The Kier molecular flexibility index (Phi) is 5.09. The second-order valence-corrected chi connectivity index (χ2v) is 7.58. The standard InChI is InChI=1S/C21H25N3O.ClH/c1-14-4-6-16(7-5-14)17-12-15(2)22-19(13-17)18-8-9-21(23-18)10-11-24(3)20(21)25;/h4-7,12-13,18,23H,8-11H2,1-3H3;1H/t18-,21+;/m1./s1. The number of hydrogen-bond acceptors (Lipinski definition) is 3. The number of likely N-dealkylation sites (tertiary alicyclic amines) is 1. The number of likely N-dealkylation sites (N-methyl/N-ethyl adjacent to an activating group) is 1. The Bertz CT molecular complexity index is 821. The van der Waals surface area contributed by atoms with Crippen LogP contribution in [0.1, 0.15) is 42.3 Å². The van der Waals surface area contributed by atoms with Gasteiger partial charge in [-0.1, -0.05) is 29.8 Å². The molecule has 1 N–H and O–H groups in total. The first kappa shape index (κ1) is 18.9. The number of pyridine rings is 1. The highest BCUT2D eigenvalue weighted by Crippen LogP contribution is 2.39. The van der Waals surface area contributed by atoms with Gasteiger partial charge in [0.25, 0.3) is 0 Å². The first-order valence-electron chi connectivity index (χ1n) is 9.06. The zero-order valence-electron chi connectivity index (χ0n) is 15.6. The summed E-state index contributed by atoms with van der Waals surface area (Å²) in [6.45, 7) is 4.99. The third kappa shape index (κ3) is 3.24. The van der Waals surface area contributed by atoms with Crippen LogP contribution in [0.5, 0.6) is 0 Å². The minimum atomic E-state index is -0.366. The molecule has 2 fully saturated rings. The molecule has 26 heavy (non-hydrogen) atoms. The van der Waals surface area contributed by atoms with Gasteiger partial charge in [0, 0.05) is 19.3 Å². The minimum absolute atomic E-state index is 0. The summed E-state index contributed by atoms with van der Waals surface area (Å²) in [6, 6.07) is 13.1. The number of aryl methyl sites for hydroxylation is 2. The van der Waals surface area contributed by atoms with Crippen molar-refractivity contribution in [2.45, 2.75) is 44.7 Å². The molecule has 1 aromatic heterocycles. The molecule has 0 unspecified atom stereocenters. The number of carbonyl (C=O) groups excluding carboxylic acids is 1. The van der Waals surface area contributed by atoms with Gasteiger partial charge in [0.2, 0.25) is 5.91 Å². The molecule has 0 radical (unpaired) electrons. The van der Waals surface area contributed by atoms with Crippen LogP contribution in [0.4, 0.5) is 0 Å². The number of rotatable bonds is 2. The van der Waals surface area contributed by atoms with Crippen molar-refractivity contribution in [3.05, 3.63) is 53.3 Å². The molecular formula is C21H26ClN3O. The Morgan fingerprint density at radius 1 is 1.12 bits per heavy atom. The van der Waals surface area contributed by atoms with E-state index in [0.29, 0.717) is 0 Å². The zero-order valence-corrected chi connectivity index (χ0v) is 16.4. The van der Waals surface area contributed by atoms with Gasteiger partial charge < -0.3 is 4.90 Å². The highest BCUT2D eigenvalue weighted by molar-refractivity contribution is 5.88. The molecule has 1 amide bonds. The summed E-state index contributed by atoms with van der Waals surface area (Å²) < 4.78 is 0. The fraction of sp³-hybridized carbons (Fsp3) is 0.429. The lowest BCUT2D eigenvalue weighted by Crippen LogP contribution is -2.47. The minimum Gasteiger partial charge on any atom is -0.344 e. The molecule has 1 aromatic carbocycles. The summed E-state index contributed by atoms with van der Waals surface area (Å²) in [5.41, 5.74) is 5.37. The monoisotopic (exact) mass is 371 g/mol. The Balaban J connectivity index is 0.00000196. The van der Waals surface area contributed by atoms with Gasteiger partial charge in [-0.25, -0.2) is 0 Å². The average Bonchev–Trinajstić information content (AvgIpc) is 3.15. The van der Waals surface area contributed by atoms with Crippen LogP contribution in [0.15, 0.2) is 36.4 Å². The number of benzene rings is 1. The number of halogens is 1. The molecule has 3 heterocycles. The Morgan fingerprint density at radius 3 is 2.50 bits per heavy atom. The lowest BCUT2D eigenvalue weighted by atomic mass is 9.96. The first-order chi connectivity index (χ1) is 12.0. The van der Waals surface area contributed by atoms with E-state index in [4.69, 9.17) is 4.98 Å². The maximum absolute atomic E-state index is 12.5. The van der Waals surface area contributed by atoms with Crippen molar-refractivity contribution in [3.63, 3.8) is 0 Å². The van der Waals surface area contributed by atoms with Crippen LogP contribution < -0.4 is 5.32 Å². The molecule has 4 nitrogen and oxygen atoms in total. The molecule has 2 aromatic rings. The third-order valence-electron chi connectivity index (χ3n) is 5.66. The number of nitrogens with one attached hydrogen (secondary N) is 1. The molecule has 2 aliphatic heterocycles. The number of hydrogen-bond donors (Lipinski definition) is 1. The predicted molar refractivity (Wildman–Crippen MR) is 106 cm³/mol. The summed E-state index contributed by atoms with van der Waals surface area (Å²) in [5.74, 6) is 0.237. The molecule has 5 heteroatoms. The van der Waals surface area contributed by atoms with Crippen molar-refractivity contribution >= 4 is 18.3 Å². The number of amides is 1. The van der Waals surface area contributed by atoms with Crippen molar-refractivity contribution in [2.24, 2.45) is 0 Å². The lowest BCUT2D eigenvalue weighted by molar-refractivity contribution is -0.131. The van der Waals surface area contributed by atoms with Gasteiger partial charge >= 0.3 is 0 Å². The molecular weight excluding hydrogens is 346 g/mol. The van der Waals surface area contributed by atoms with E-state index in [0.717, 1.165) is 37.2 Å². The second-order valence-electron chi connectivity index (χ2n) is 7.58. The predicted octanol–water partition coefficient (Wildman–Crippen LogP) is 3.81. The van der Waals surface area contributed by atoms with Crippen molar-refractivity contribution in [3.8, 4) is 11.1 Å². The molecule has 138 valence electrons. The van der Waals surface area contributed by atoms with Gasteiger partial charge in [-0.2, -0.15) is 0 Å². The maximum atomic E-state index is 12.5. The van der Waals surface area contributed by atoms with E-state index < -0.39 is 0 Å². The molecule has 1 spiro atoms. The van der Waals surface area contributed by atoms with Crippen molar-refractivity contribution in [1.82, 2.24) is 15.2 Å². The van der Waals surface area contributed by atoms with Crippen molar-refractivity contribution in [2.75, 3.05) is 13.6 Å². The van der Waals surface area contributed by atoms with Crippen LogP contribution in [-0.4, -0.2) is 34.9 Å². The molecule has 2 atom stereocenters. The number of nitrogens with zero attached hydrogens (tertiary/aromatic N) is 2. The quantitative estimate of drug-likeness (QED) is 0.873. The fourth-order valence-corrected chi connectivity index (χ4v) is 4.17. The highest BCUT2D eigenvalue weighted by Gasteiger charge is 2.50. The van der Waals surface area contributed by atoms with Gasteiger partial charge in [-0.05, 0) is 56.4 Å². The molecule has 2 saturated heterocycles. The van der Waals surface area contributed by atoms with E-state index in [-0.39, 0.29) is 29.9 Å². The van der Waals surface area contributed by atoms with E-state index in [1.807, 2.05) is 18.9 Å². The van der Waals surface area contributed by atoms with E-state index in [1.54, 1.807) is 0 Å². The fourth-order valence-electron chi connectivity index (χ4n) is 4.17. The summed E-state index contributed by atoms with van der Waals surface area (Å²) >= 11 is 0. The number of carbonyl (C=O) groups is 1. The topological polar surface area (TPSA) is 45.2 Å². The van der Waals surface area contributed by atoms with Gasteiger partial charge in [-0.15, -0.1) is 12.4 Å². The summed E-state index contributed by atoms with van der Waals surface area (Å²) in [6.07, 6.45) is 2.76. The Hall–Kier alpha value is -1.91. The van der Waals surface area contributed by atoms with Crippen LogP contribution in [0.2, 0.25) is 0 Å². The molecule has 0 bridgehead atoms. The van der Waals surface area contributed by atoms with Gasteiger partial charge in [0.1, 0.15) is 5.54 Å². The molecule has 0 saturated carbocycles. The summed E-state index contributed by atoms with van der Waals surface area (Å²) in [7, 11) is 1.90. The van der Waals surface area contributed by atoms with Gasteiger partial charge in [0.05, 0.1) is 11.7 Å². The molecule has 2 aliphatic rings. The van der Waals surface area contributed by atoms with E-state index >= 15 is 0 Å². The lowest BCUT2D eigenvalue weighted by Gasteiger charge is -2.23. The maximum Gasteiger partial charge on any atom is 0.242 e.